The number of benzene rings is 1. The van der Waals surface area contributed by atoms with Crippen LogP contribution < -0.4 is 5.32 Å². The first-order valence-corrected chi connectivity index (χ1v) is 7.52. The number of halogens is 1. The molecule has 1 N–H and O–H groups in total. The second-order valence-corrected chi connectivity index (χ2v) is 5.62. The first-order valence-electron chi connectivity index (χ1n) is 7.14. The van der Waals surface area contributed by atoms with Crippen molar-refractivity contribution in [2.24, 2.45) is 0 Å². The first-order chi connectivity index (χ1) is 9.72. The van der Waals surface area contributed by atoms with Crippen molar-refractivity contribution in [3.8, 4) is 0 Å². The fourth-order valence-corrected chi connectivity index (χ4v) is 2.84. The number of aryl methyl sites for hydroxylation is 1. The first kappa shape index (κ1) is 13.7. The minimum absolute atomic E-state index is 0.645. The van der Waals surface area contributed by atoms with Crippen molar-refractivity contribution < 1.29 is 4.74 Å². The Morgan fingerprint density at radius 2 is 2.25 bits per heavy atom. The van der Waals surface area contributed by atoms with E-state index in [1.54, 1.807) is 0 Å². The van der Waals surface area contributed by atoms with Gasteiger partial charge in [-0.25, -0.2) is 0 Å². The zero-order valence-corrected chi connectivity index (χ0v) is 12.7. The number of anilines is 1. The highest BCUT2D eigenvalue weighted by Gasteiger charge is 2.19. The molecule has 3 rings (SSSR count). The summed E-state index contributed by atoms with van der Waals surface area (Å²) in [6.07, 6.45) is 1.96. The minimum atomic E-state index is 0.645. The molecule has 0 atom stereocenters. The smallest absolute Gasteiger partial charge is 0.0770 e. The molecule has 0 bridgehead atoms. The van der Waals surface area contributed by atoms with Gasteiger partial charge in [0.15, 0.2) is 0 Å². The van der Waals surface area contributed by atoms with E-state index >= 15 is 0 Å². The van der Waals surface area contributed by atoms with Crippen molar-refractivity contribution in [2.75, 3.05) is 18.5 Å². The van der Waals surface area contributed by atoms with E-state index in [9.17, 15) is 0 Å². The molecule has 0 saturated heterocycles. The molecular formula is C16H19ClN2O. The van der Waals surface area contributed by atoms with Crippen molar-refractivity contribution in [2.45, 2.75) is 33.3 Å². The monoisotopic (exact) mass is 290 g/mol. The summed E-state index contributed by atoms with van der Waals surface area (Å²) in [6.45, 7) is 6.55. The topological polar surface area (TPSA) is 34.2 Å². The number of rotatable bonds is 3. The van der Waals surface area contributed by atoms with Crippen LogP contribution in [0.5, 0.6) is 0 Å². The summed E-state index contributed by atoms with van der Waals surface area (Å²) in [7, 11) is 0. The van der Waals surface area contributed by atoms with E-state index in [-0.39, 0.29) is 0 Å². The van der Waals surface area contributed by atoms with Crippen LogP contribution in [0.4, 0.5) is 5.69 Å². The van der Waals surface area contributed by atoms with Gasteiger partial charge in [0, 0.05) is 28.9 Å². The Labute approximate surface area is 124 Å². The van der Waals surface area contributed by atoms with Gasteiger partial charge in [-0.1, -0.05) is 18.5 Å². The number of nitrogens with one attached hydrogen (secondary N) is 1. The lowest BCUT2D eigenvalue weighted by Gasteiger charge is -2.22. The van der Waals surface area contributed by atoms with Crippen LogP contribution in [0, 0.1) is 6.92 Å². The third-order valence-corrected chi connectivity index (χ3v) is 4.22. The molecule has 0 saturated carbocycles. The van der Waals surface area contributed by atoms with E-state index in [0.29, 0.717) is 6.61 Å². The maximum Gasteiger partial charge on any atom is 0.0770 e. The van der Waals surface area contributed by atoms with Crippen molar-refractivity contribution in [3.63, 3.8) is 0 Å². The molecule has 0 unspecified atom stereocenters. The van der Waals surface area contributed by atoms with Crippen LogP contribution in [-0.2, 0) is 17.8 Å². The van der Waals surface area contributed by atoms with Crippen LogP contribution in [0.1, 0.15) is 30.2 Å². The number of hydrogen-bond acceptors (Lipinski definition) is 3. The molecule has 4 heteroatoms. The van der Waals surface area contributed by atoms with Crippen LogP contribution in [0.15, 0.2) is 12.1 Å². The summed E-state index contributed by atoms with van der Waals surface area (Å²) in [6, 6.07) is 4.01. The maximum atomic E-state index is 6.24. The van der Waals surface area contributed by atoms with Gasteiger partial charge in [0.05, 0.1) is 30.1 Å². The fourth-order valence-electron chi connectivity index (χ4n) is 2.69. The average molecular weight is 291 g/mol. The third-order valence-electron chi connectivity index (χ3n) is 3.81. The Kier molecular flexibility index (Phi) is 3.81. The molecule has 1 aromatic carbocycles. The molecule has 0 aliphatic carbocycles. The molecule has 2 heterocycles. The van der Waals surface area contributed by atoms with E-state index in [0.717, 1.165) is 53.2 Å². The van der Waals surface area contributed by atoms with Gasteiger partial charge in [0.25, 0.3) is 0 Å². The second kappa shape index (κ2) is 5.58. The predicted molar refractivity (Wildman–Crippen MR) is 83.6 cm³/mol. The normalized spacial score (nSPS) is 14.3. The number of pyridine rings is 1. The summed E-state index contributed by atoms with van der Waals surface area (Å²) < 4.78 is 5.61. The van der Waals surface area contributed by atoms with Gasteiger partial charge in [-0.2, -0.15) is 0 Å². The number of hydrogen-bond donors (Lipinski definition) is 1. The maximum absolute atomic E-state index is 6.24. The Bertz CT molecular complexity index is 655. The number of ether oxygens (including phenoxy) is 1. The Balaban J connectivity index is 2.27. The second-order valence-electron chi connectivity index (χ2n) is 5.21. The van der Waals surface area contributed by atoms with Gasteiger partial charge >= 0.3 is 0 Å². The molecule has 2 aromatic rings. The lowest BCUT2D eigenvalue weighted by atomic mass is 10.0. The lowest BCUT2D eigenvalue weighted by Crippen LogP contribution is -2.16. The fraction of sp³-hybridized carbons (Fsp3) is 0.438. The zero-order chi connectivity index (χ0) is 14.1. The van der Waals surface area contributed by atoms with Gasteiger partial charge in [-0.15, -0.1) is 0 Å². The highest BCUT2D eigenvalue weighted by molar-refractivity contribution is 6.32. The van der Waals surface area contributed by atoms with E-state index in [2.05, 4.69) is 18.3 Å². The van der Waals surface area contributed by atoms with Crippen LogP contribution in [0.25, 0.3) is 10.9 Å². The summed E-state index contributed by atoms with van der Waals surface area (Å²) >= 11 is 6.24. The number of fused-ring (bicyclic) bond motifs is 2. The van der Waals surface area contributed by atoms with E-state index in [4.69, 9.17) is 21.3 Å². The van der Waals surface area contributed by atoms with Crippen molar-refractivity contribution in [1.82, 2.24) is 4.98 Å². The largest absolute Gasteiger partial charge is 0.384 e. The molecular weight excluding hydrogens is 272 g/mol. The molecule has 0 radical (unpaired) electrons. The van der Waals surface area contributed by atoms with Gasteiger partial charge in [-0.05, 0) is 31.0 Å². The van der Waals surface area contributed by atoms with Gasteiger partial charge in [-0.3, -0.25) is 4.98 Å². The van der Waals surface area contributed by atoms with Crippen molar-refractivity contribution >= 4 is 28.2 Å². The summed E-state index contributed by atoms with van der Waals surface area (Å²) in [5.41, 5.74) is 5.59. The quantitative estimate of drug-likeness (QED) is 0.924. The average Bonchev–Trinajstić information content (AvgIpc) is 2.48. The lowest BCUT2D eigenvalue weighted by molar-refractivity contribution is 0.110. The predicted octanol–water partition coefficient (Wildman–Crippen LogP) is 4.09. The van der Waals surface area contributed by atoms with E-state index in [1.165, 1.54) is 11.3 Å². The molecule has 106 valence electrons. The molecule has 1 aromatic heterocycles. The van der Waals surface area contributed by atoms with Crippen LogP contribution in [0.2, 0.25) is 5.02 Å². The van der Waals surface area contributed by atoms with Crippen LogP contribution >= 0.6 is 11.6 Å². The number of nitrogens with zero attached hydrogens (tertiary/aromatic N) is 1. The van der Waals surface area contributed by atoms with Gasteiger partial charge in [0.1, 0.15) is 0 Å². The minimum Gasteiger partial charge on any atom is -0.384 e. The van der Waals surface area contributed by atoms with Gasteiger partial charge in [0.2, 0.25) is 0 Å². The Morgan fingerprint density at radius 3 is 3.05 bits per heavy atom. The molecule has 20 heavy (non-hydrogen) atoms. The Morgan fingerprint density at radius 1 is 1.40 bits per heavy atom. The zero-order valence-electron chi connectivity index (χ0n) is 11.9. The van der Waals surface area contributed by atoms with Crippen molar-refractivity contribution in [1.29, 1.82) is 0 Å². The molecule has 0 amide bonds. The molecule has 3 nitrogen and oxygen atoms in total. The van der Waals surface area contributed by atoms with E-state index in [1.807, 2.05) is 13.0 Å². The van der Waals surface area contributed by atoms with Crippen LogP contribution in [0.3, 0.4) is 0 Å². The number of aromatic nitrogens is 1. The molecule has 1 aliphatic heterocycles. The van der Waals surface area contributed by atoms with Gasteiger partial charge < -0.3 is 10.1 Å². The summed E-state index contributed by atoms with van der Waals surface area (Å²) in [5, 5.41) is 5.47. The van der Waals surface area contributed by atoms with Crippen LogP contribution in [-0.4, -0.2) is 18.1 Å². The van der Waals surface area contributed by atoms with E-state index < -0.39 is 0 Å². The molecule has 0 spiro atoms. The third kappa shape index (κ3) is 2.25. The summed E-state index contributed by atoms with van der Waals surface area (Å²) in [4.78, 5) is 4.84. The molecule has 0 fully saturated rings. The highest BCUT2D eigenvalue weighted by Crippen LogP contribution is 2.34. The molecule has 1 aliphatic rings. The Hall–Kier alpha value is -1.32. The standard InChI is InChI=1S/C16H19ClN2O/c1-3-7-18-16-11-4-5-13(17)10(2)15(11)19-14-6-8-20-9-12(14)16/h4-5H,3,6-9H2,1-2H3,(H,18,19). The van der Waals surface area contributed by atoms with Crippen molar-refractivity contribution in [3.05, 3.63) is 34.0 Å². The summed E-state index contributed by atoms with van der Waals surface area (Å²) in [5.74, 6) is 0. The SMILES string of the molecule is CCCNc1c2c(nc3c(C)c(Cl)ccc13)CCOC2. The highest BCUT2D eigenvalue weighted by atomic mass is 35.5.